The molecule has 0 saturated heterocycles. The van der Waals surface area contributed by atoms with Crippen LogP contribution >= 0.6 is 0 Å². The van der Waals surface area contributed by atoms with E-state index in [-0.39, 0.29) is 18.0 Å². The van der Waals surface area contributed by atoms with Gasteiger partial charge in [0.2, 0.25) is 0 Å². The summed E-state index contributed by atoms with van der Waals surface area (Å²) in [6.45, 7) is 2.40. The van der Waals surface area contributed by atoms with Crippen LogP contribution in [0.2, 0.25) is 0 Å². The van der Waals surface area contributed by atoms with Crippen molar-refractivity contribution in [1.82, 2.24) is 9.13 Å². The Kier molecular flexibility index (Phi) is 3.18. The lowest BCUT2D eigenvalue weighted by atomic mass is 9.97. The normalized spacial score (nSPS) is 13.4. The van der Waals surface area contributed by atoms with Gasteiger partial charge in [-0.25, -0.2) is 4.79 Å². The first kappa shape index (κ1) is 14.0. The SMILES string of the molecule is CC(=O)Cn1c(=O)n2c3c(cc(-c4ccccc4)cc31)CCC2. The first-order chi connectivity index (χ1) is 11.1. The van der Waals surface area contributed by atoms with Crippen molar-refractivity contribution in [1.29, 1.82) is 0 Å². The van der Waals surface area contributed by atoms with Gasteiger partial charge in [0.1, 0.15) is 5.78 Å². The van der Waals surface area contributed by atoms with Gasteiger partial charge in [-0.1, -0.05) is 30.3 Å². The Bertz CT molecular complexity index is 964. The number of ketones is 1. The molecule has 0 fully saturated rings. The van der Waals surface area contributed by atoms with E-state index in [1.54, 1.807) is 4.57 Å². The molecule has 1 aliphatic rings. The van der Waals surface area contributed by atoms with Gasteiger partial charge in [-0.05, 0) is 48.6 Å². The van der Waals surface area contributed by atoms with E-state index in [2.05, 4.69) is 18.2 Å². The van der Waals surface area contributed by atoms with Crippen molar-refractivity contribution in [2.75, 3.05) is 0 Å². The number of Topliss-reactive ketones (excluding diaryl/α,β-unsaturated/α-hetero) is 1. The fourth-order valence-electron chi connectivity index (χ4n) is 3.54. The molecule has 116 valence electrons. The van der Waals surface area contributed by atoms with Crippen molar-refractivity contribution >= 4 is 16.8 Å². The van der Waals surface area contributed by atoms with Crippen molar-refractivity contribution in [3.8, 4) is 11.1 Å². The molecule has 2 aromatic carbocycles. The molecule has 0 saturated carbocycles. The van der Waals surface area contributed by atoms with Crippen molar-refractivity contribution in [3.63, 3.8) is 0 Å². The highest BCUT2D eigenvalue weighted by atomic mass is 16.2. The fourth-order valence-corrected chi connectivity index (χ4v) is 3.54. The maximum atomic E-state index is 12.7. The average Bonchev–Trinajstić information content (AvgIpc) is 2.83. The number of aryl methyl sites for hydroxylation is 2. The first-order valence-electron chi connectivity index (χ1n) is 7.96. The number of rotatable bonds is 3. The lowest BCUT2D eigenvalue weighted by Crippen LogP contribution is -2.27. The summed E-state index contributed by atoms with van der Waals surface area (Å²) in [4.78, 5) is 24.3. The maximum absolute atomic E-state index is 12.7. The zero-order chi connectivity index (χ0) is 16.0. The van der Waals surface area contributed by atoms with Crippen LogP contribution in [-0.2, 0) is 24.3 Å². The molecule has 3 aromatic rings. The van der Waals surface area contributed by atoms with Gasteiger partial charge in [0, 0.05) is 6.54 Å². The van der Waals surface area contributed by atoms with Crippen LogP contribution in [0.3, 0.4) is 0 Å². The summed E-state index contributed by atoms with van der Waals surface area (Å²) in [5, 5.41) is 0. The Morgan fingerprint density at radius 2 is 1.91 bits per heavy atom. The second-order valence-electron chi connectivity index (χ2n) is 6.20. The fraction of sp³-hybridized carbons (Fsp3) is 0.263. The van der Waals surface area contributed by atoms with E-state index in [9.17, 15) is 9.59 Å². The predicted octanol–water partition coefficient (Wildman–Crippen LogP) is 3.01. The number of hydrogen-bond acceptors (Lipinski definition) is 2. The van der Waals surface area contributed by atoms with Gasteiger partial charge < -0.3 is 0 Å². The zero-order valence-electron chi connectivity index (χ0n) is 13.1. The number of nitrogens with zero attached hydrogens (tertiary/aromatic N) is 2. The van der Waals surface area contributed by atoms with E-state index in [4.69, 9.17) is 0 Å². The summed E-state index contributed by atoms with van der Waals surface area (Å²) in [7, 11) is 0. The van der Waals surface area contributed by atoms with E-state index in [1.165, 1.54) is 12.5 Å². The number of carbonyl (C=O) groups is 1. The largest absolute Gasteiger partial charge is 0.329 e. The molecule has 0 spiro atoms. The smallest absolute Gasteiger partial charge is 0.298 e. The molecule has 0 atom stereocenters. The van der Waals surface area contributed by atoms with Crippen molar-refractivity contribution in [2.24, 2.45) is 0 Å². The molecule has 4 nitrogen and oxygen atoms in total. The Morgan fingerprint density at radius 3 is 2.65 bits per heavy atom. The number of aromatic nitrogens is 2. The third-order valence-corrected chi connectivity index (χ3v) is 4.51. The summed E-state index contributed by atoms with van der Waals surface area (Å²) in [6.07, 6.45) is 1.94. The Hall–Kier alpha value is -2.62. The molecule has 0 aliphatic carbocycles. The monoisotopic (exact) mass is 306 g/mol. The van der Waals surface area contributed by atoms with Crippen LogP contribution < -0.4 is 5.69 Å². The molecule has 0 bridgehead atoms. The topological polar surface area (TPSA) is 44.0 Å². The lowest BCUT2D eigenvalue weighted by Gasteiger charge is -2.15. The highest BCUT2D eigenvalue weighted by Gasteiger charge is 2.21. The molecule has 1 aromatic heterocycles. The molecular weight excluding hydrogens is 288 g/mol. The van der Waals surface area contributed by atoms with Gasteiger partial charge in [0.15, 0.2) is 0 Å². The van der Waals surface area contributed by atoms with Crippen LogP contribution in [0.5, 0.6) is 0 Å². The van der Waals surface area contributed by atoms with Gasteiger partial charge >= 0.3 is 5.69 Å². The first-order valence-corrected chi connectivity index (χ1v) is 7.96. The minimum Gasteiger partial charge on any atom is -0.298 e. The second kappa shape index (κ2) is 5.23. The predicted molar refractivity (Wildman–Crippen MR) is 90.6 cm³/mol. The van der Waals surface area contributed by atoms with Crippen molar-refractivity contribution in [2.45, 2.75) is 32.9 Å². The second-order valence-corrected chi connectivity index (χ2v) is 6.20. The molecule has 0 unspecified atom stereocenters. The quantitative estimate of drug-likeness (QED) is 0.746. The minimum absolute atomic E-state index is 0.00272. The molecule has 0 amide bonds. The van der Waals surface area contributed by atoms with Gasteiger partial charge in [0.25, 0.3) is 0 Å². The van der Waals surface area contributed by atoms with Crippen molar-refractivity contribution < 1.29 is 4.79 Å². The molecule has 0 N–H and O–H groups in total. The summed E-state index contributed by atoms with van der Waals surface area (Å²) >= 11 is 0. The van der Waals surface area contributed by atoms with Crippen LogP contribution in [0.4, 0.5) is 0 Å². The minimum atomic E-state index is -0.0682. The highest BCUT2D eigenvalue weighted by Crippen LogP contribution is 2.30. The van der Waals surface area contributed by atoms with Gasteiger partial charge in [0.05, 0.1) is 17.6 Å². The van der Waals surface area contributed by atoms with Crippen LogP contribution in [0, 0.1) is 0 Å². The third-order valence-electron chi connectivity index (χ3n) is 4.51. The molecular formula is C19H18N2O2. The number of hydrogen-bond donors (Lipinski definition) is 0. The van der Waals surface area contributed by atoms with E-state index < -0.39 is 0 Å². The standard InChI is InChI=1S/C19H18N2O2/c1-13(22)12-21-17-11-16(14-6-3-2-4-7-14)10-15-8-5-9-20(18(15)17)19(21)23/h2-4,6-7,10-11H,5,8-9,12H2,1H3. The molecule has 2 heterocycles. The van der Waals surface area contributed by atoms with Crippen LogP contribution in [0.15, 0.2) is 47.3 Å². The number of imidazole rings is 1. The van der Waals surface area contributed by atoms with Crippen LogP contribution in [0.25, 0.3) is 22.2 Å². The van der Waals surface area contributed by atoms with Crippen molar-refractivity contribution in [3.05, 3.63) is 58.5 Å². The number of benzene rings is 2. The Morgan fingerprint density at radius 1 is 1.13 bits per heavy atom. The zero-order valence-corrected chi connectivity index (χ0v) is 13.1. The van der Waals surface area contributed by atoms with Crippen LogP contribution in [-0.4, -0.2) is 14.9 Å². The van der Waals surface area contributed by atoms with E-state index >= 15 is 0 Å². The molecule has 0 radical (unpaired) electrons. The average molecular weight is 306 g/mol. The molecule has 4 rings (SSSR count). The van der Waals surface area contributed by atoms with Gasteiger partial charge in [-0.15, -0.1) is 0 Å². The highest BCUT2D eigenvalue weighted by molar-refractivity contribution is 5.88. The summed E-state index contributed by atoms with van der Waals surface area (Å²) in [5.41, 5.74) is 5.24. The van der Waals surface area contributed by atoms with Crippen LogP contribution in [0.1, 0.15) is 18.9 Å². The van der Waals surface area contributed by atoms with Gasteiger partial charge in [-0.2, -0.15) is 0 Å². The molecule has 23 heavy (non-hydrogen) atoms. The van der Waals surface area contributed by atoms with Gasteiger partial charge in [-0.3, -0.25) is 13.9 Å². The maximum Gasteiger partial charge on any atom is 0.329 e. The summed E-state index contributed by atoms with van der Waals surface area (Å²) < 4.78 is 3.45. The molecule has 1 aliphatic heterocycles. The molecule has 4 heteroatoms. The van der Waals surface area contributed by atoms with E-state index in [0.29, 0.717) is 0 Å². The Labute approximate surface area is 134 Å². The van der Waals surface area contributed by atoms with E-state index in [0.717, 1.165) is 41.5 Å². The Balaban J connectivity index is 2.04. The summed E-state index contributed by atoms with van der Waals surface area (Å²) in [6, 6.07) is 14.4. The lowest BCUT2D eigenvalue weighted by molar-refractivity contribution is -0.117. The number of carbonyl (C=O) groups excluding carboxylic acids is 1. The third kappa shape index (κ3) is 2.22. The van der Waals surface area contributed by atoms with E-state index in [1.807, 2.05) is 28.8 Å². The summed E-state index contributed by atoms with van der Waals surface area (Å²) in [5.74, 6) is -0.00272.